The van der Waals surface area contributed by atoms with Gasteiger partial charge in [-0.25, -0.2) is 18.3 Å². The van der Waals surface area contributed by atoms with Crippen molar-refractivity contribution in [1.82, 2.24) is 14.6 Å². The Morgan fingerprint density at radius 1 is 1.08 bits per heavy atom. The van der Waals surface area contributed by atoms with Crippen LogP contribution in [0.15, 0.2) is 60.9 Å². The molecule has 8 nitrogen and oxygen atoms in total. The molecule has 194 valence electrons. The zero-order chi connectivity index (χ0) is 26.0. The van der Waals surface area contributed by atoms with Gasteiger partial charge in [0.15, 0.2) is 5.65 Å². The van der Waals surface area contributed by atoms with E-state index in [1.165, 1.54) is 22.8 Å². The van der Waals surface area contributed by atoms with E-state index in [-0.39, 0.29) is 24.0 Å². The Balaban J connectivity index is 1.14. The molecule has 4 heterocycles. The molecule has 0 spiro atoms. The number of aromatic nitrogens is 3. The Kier molecular flexibility index (Phi) is 5.33. The van der Waals surface area contributed by atoms with Crippen molar-refractivity contribution in [2.75, 3.05) is 34.8 Å². The number of rotatable bonds is 5. The van der Waals surface area contributed by atoms with Crippen LogP contribution >= 0.6 is 0 Å². The van der Waals surface area contributed by atoms with Gasteiger partial charge in [0, 0.05) is 42.8 Å². The molecular weight excluding hydrogens is 490 g/mol. The molecule has 2 unspecified atom stereocenters. The number of nitrogens with one attached hydrogen (secondary N) is 1. The molecular formula is C28H26F2N6O2. The van der Waals surface area contributed by atoms with Crippen molar-refractivity contribution in [2.24, 2.45) is 11.8 Å². The van der Waals surface area contributed by atoms with Crippen LogP contribution < -0.4 is 15.1 Å². The highest BCUT2D eigenvalue weighted by molar-refractivity contribution is 6.08. The standard InChI is InChI=1S/C28H26F2N6O2/c29-17-1-6-24(30)22(12-17)26-21-11-16(21)14-35(26)25-8-10-36-27(33-25)23(13-31-36)28(38)32-18-2-4-19(5-3-18)34-9-7-20(37)15-34/h1-6,8,10,12-13,16,20-21,26,37H,7,9,11,14-15H2,(H,32,38)/t16?,20-,21?,26+/m0/s1. The number of aliphatic hydroxyl groups excluding tert-OH is 1. The van der Waals surface area contributed by atoms with Crippen molar-refractivity contribution in [3.05, 3.63) is 83.7 Å². The van der Waals surface area contributed by atoms with Gasteiger partial charge in [0.05, 0.1) is 18.3 Å². The number of nitrogens with zero attached hydrogens (tertiary/aromatic N) is 5. The summed E-state index contributed by atoms with van der Waals surface area (Å²) in [6.07, 6.45) is 4.63. The van der Waals surface area contributed by atoms with Gasteiger partial charge in [-0.05, 0) is 73.2 Å². The molecule has 2 aromatic carbocycles. The number of amides is 1. The maximum Gasteiger partial charge on any atom is 0.261 e. The summed E-state index contributed by atoms with van der Waals surface area (Å²) in [4.78, 5) is 22.1. The Hall–Kier alpha value is -4.05. The van der Waals surface area contributed by atoms with Crippen molar-refractivity contribution < 1.29 is 18.7 Å². The van der Waals surface area contributed by atoms with Gasteiger partial charge in [-0.3, -0.25) is 4.79 Å². The molecule has 0 bridgehead atoms. The lowest BCUT2D eigenvalue weighted by molar-refractivity contribution is 0.102. The van der Waals surface area contributed by atoms with E-state index in [9.17, 15) is 18.7 Å². The second-order valence-corrected chi connectivity index (χ2v) is 10.4. The SMILES string of the molecule is O=C(Nc1ccc(N2CC[C@H](O)C2)cc1)c1cnn2ccc(N3CC4CC4[C@@H]3c3cc(F)ccc3F)nc12. The first-order valence-electron chi connectivity index (χ1n) is 12.8. The molecule has 3 aliphatic rings. The summed E-state index contributed by atoms with van der Waals surface area (Å²) in [7, 11) is 0. The summed E-state index contributed by atoms with van der Waals surface area (Å²) in [5.74, 6) is 0.0426. The Bertz CT molecular complexity index is 1540. The van der Waals surface area contributed by atoms with Gasteiger partial charge in [-0.1, -0.05) is 0 Å². The molecule has 4 aromatic rings. The van der Waals surface area contributed by atoms with Crippen molar-refractivity contribution >= 4 is 28.7 Å². The second kappa shape index (κ2) is 8.76. The van der Waals surface area contributed by atoms with Gasteiger partial charge in [0.2, 0.25) is 0 Å². The van der Waals surface area contributed by atoms with Gasteiger partial charge >= 0.3 is 0 Å². The third-order valence-corrected chi connectivity index (χ3v) is 7.97. The maximum absolute atomic E-state index is 14.7. The van der Waals surface area contributed by atoms with E-state index >= 15 is 0 Å². The van der Waals surface area contributed by atoms with Crippen molar-refractivity contribution in [1.29, 1.82) is 0 Å². The topological polar surface area (TPSA) is 86.0 Å². The van der Waals surface area contributed by atoms with Crippen molar-refractivity contribution in [2.45, 2.75) is 25.0 Å². The molecule has 2 aliphatic heterocycles. The van der Waals surface area contributed by atoms with E-state index in [0.717, 1.165) is 31.1 Å². The Labute approximate surface area is 217 Å². The summed E-state index contributed by atoms with van der Waals surface area (Å²) in [5, 5.41) is 17.0. The van der Waals surface area contributed by atoms with Gasteiger partial charge in [0.25, 0.3) is 5.91 Å². The number of carbonyl (C=O) groups excluding carboxylic acids is 1. The number of benzene rings is 2. The number of carbonyl (C=O) groups is 1. The first kappa shape index (κ1) is 23.1. The van der Waals surface area contributed by atoms with Crippen LogP contribution in [-0.4, -0.2) is 51.4 Å². The van der Waals surface area contributed by atoms with E-state index in [0.29, 0.717) is 47.3 Å². The quantitative estimate of drug-likeness (QED) is 0.417. The minimum absolute atomic E-state index is 0.254. The number of anilines is 3. The summed E-state index contributed by atoms with van der Waals surface area (Å²) < 4.78 is 30.3. The maximum atomic E-state index is 14.7. The Morgan fingerprint density at radius 2 is 1.92 bits per heavy atom. The molecule has 2 aromatic heterocycles. The molecule has 1 aliphatic carbocycles. The minimum Gasteiger partial charge on any atom is -0.391 e. The number of piperidine rings is 1. The van der Waals surface area contributed by atoms with E-state index in [4.69, 9.17) is 4.98 Å². The number of aliphatic hydroxyl groups is 1. The van der Waals surface area contributed by atoms with Crippen LogP contribution in [0.25, 0.3) is 5.65 Å². The van der Waals surface area contributed by atoms with E-state index in [2.05, 4.69) is 15.3 Å². The fourth-order valence-corrected chi connectivity index (χ4v) is 5.95. The molecule has 1 amide bonds. The van der Waals surface area contributed by atoms with Crippen LogP contribution in [0, 0.1) is 23.5 Å². The lowest BCUT2D eigenvalue weighted by Crippen LogP contribution is -2.28. The number of hydrogen-bond acceptors (Lipinski definition) is 6. The fourth-order valence-electron chi connectivity index (χ4n) is 5.95. The average molecular weight is 517 g/mol. The molecule has 2 saturated heterocycles. The molecule has 2 N–H and O–H groups in total. The van der Waals surface area contributed by atoms with E-state index in [1.54, 1.807) is 12.3 Å². The predicted molar refractivity (Wildman–Crippen MR) is 138 cm³/mol. The zero-order valence-corrected chi connectivity index (χ0v) is 20.5. The molecule has 38 heavy (non-hydrogen) atoms. The molecule has 7 rings (SSSR count). The lowest BCUT2D eigenvalue weighted by Gasteiger charge is -2.29. The monoisotopic (exact) mass is 516 g/mol. The average Bonchev–Trinajstić information content (AvgIpc) is 3.22. The summed E-state index contributed by atoms with van der Waals surface area (Å²) in [5.41, 5.74) is 2.68. The highest BCUT2D eigenvalue weighted by atomic mass is 19.1. The smallest absolute Gasteiger partial charge is 0.261 e. The van der Waals surface area contributed by atoms with Crippen LogP contribution in [0.3, 0.4) is 0 Å². The largest absolute Gasteiger partial charge is 0.391 e. The van der Waals surface area contributed by atoms with Crippen LogP contribution in [0.1, 0.15) is 34.8 Å². The lowest BCUT2D eigenvalue weighted by atomic mass is 10.0. The van der Waals surface area contributed by atoms with Crippen LogP contribution in [0.5, 0.6) is 0 Å². The molecule has 4 atom stereocenters. The van der Waals surface area contributed by atoms with E-state index in [1.807, 2.05) is 29.2 Å². The van der Waals surface area contributed by atoms with Gasteiger partial charge in [0.1, 0.15) is 23.0 Å². The van der Waals surface area contributed by atoms with Crippen molar-refractivity contribution in [3.8, 4) is 0 Å². The summed E-state index contributed by atoms with van der Waals surface area (Å²) in [6, 6.07) is 12.6. The number of hydrogen-bond donors (Lipinski definition) is 2. The highest BCUT2D eigenvalue weighted by Crippen LogP contribution is 2.57. The normalized spacial score (nSPS) is 24.2. The molecule has 1 saturated carbocycles. The first-order valence-corrected chi connectivity index (χ1v) is 12.8. The summed E-state index contributed by atoms with van der Waals surface area (Å²) in [6.45, 7) is 2.10. The number of fused-ring (bicyclic) bond motifs is 2. The summed E-state index contributed by atoms with van der Waals surface area (Å²) >= 11 is 0. The fraction of sp³-hybridized carbons (Fsp3) is 0.321. The zero-order valence-electron chi connectivity index (χ0n) is 20.5. The molecule has 10 heteroatoms. The first-order chi connectivity index (χ1) is 18.4. The molecule has 0 radical (unpaired) electrons. The van der Waals surface area contributed by atoms with Crippen LogP contribution in [0.2, 0.25) is 0 Å². The second-order valence-electron chi connectivity index (χ2n) is 10.4. The van der Waals surface area contributed by atoms with Gasteiger partial charge in [-0.2, -0.15) is 5.10 Å². The van der Waals surface area contributed by atoms with Gasteiger partial charge in [-0.15, -0.1) is 0 Å². The highest BCUT2D eigenvalue weighted by Gasteiger charge is 2.54. The minimum atomic E-state index is -0.463. The number of β-amino-alcohol motifs (C(OH)–C–C–N with tert-alkyl or cyclic N) is 1. The molecule has 3 fully saturated rings. The van der Waals surface area contributed by atoms with Crippen molar-refractivity contribution in [3.63, 3.8) is 0 Å². The third kappa shape index (κ3) is 3.96. The predicted octanol–water partition coefficient (Wildman–Crippen LogP) is 4.03. The third-order valence-electron chi connectivity index (χ3n) is 7.97. The Morgan fingerprint density at radius 3 is 2.71 bits per heavy atom. The van der Waals surface area contributed by atoms with E-state index < -0.39 is 11.6 Å². The van der Waals surface area contributed by atoms with Crippen LogP contribution in [-0.2, 0) is 0 Å². The van der Waals surface area contributed by atoms with Gasteiger partial charge < -0.3 is 20.2 Å². The number of halogens is 2. The van der Waals surface area contributed by atoms with Crippen LogP contribution in [0.4, 0.5) is 26.0 Å².